The van der Waals surface area contributed by atoms with Crippen LogP contribution < -0.4 is 0 Å². The summed E-state index contributed by atoms with van der Waals surface area (Å²) in [6, 6.07) is 8.88. The van der Waals surface area contributed by atoms with Gasteiger partial charge in [0.05, 0.1) is 12.7 Å². The minimum Gasteiger partial charge on any atom is -0.465 e. The van der Waals surface area contributed by atoms with Crippen LogP contribution in [0.5, 0.6) is 0 Å². The first-order valence-electron chi connectivity index (χ1n) is 3.77. The molecular formula is C12H18O3. The highest BCUT2D eigenvalue weighted by atomic mass is 16.5. The lowest BCUT2D eigenvalue weighted by atomic mass is 10.2. The Morgan fingerprint density at radius 3 is 1.87 bits per heavy atom. The number of rotatable bonds is 1. The first kappa shape index (κ1) is 18.8. The Bertz CT molecular complexity index is 242. The summed E-state index contributed by atoms with van der Waals surface area (Å²) in [5.74, 6) is -0.291. The number of methoxy groups -OCH3 is 1. The van der Waals surface area contributed by atoms with E-state index in [1.165, 1.54) is 7.11 Å². The van der Waals surface area contributed by atoms with E-state index < -0.39 is 0 Å². The van der Waals surface area contributed by atoms with Gasteiger partial charge in [-0.05, 0) is 12.1 Å². The molecule has 0 aliphatic heterocycles. The number of esters is 1. The summed E-state index contributed by atoms with van der Waals surface area (Å²) < 4.78 is 4.50. The van der Waals surface area contributed by atoms with Crippen LogP contribution in [0.2, 0.25) is 0 Å². The zero-order valence-corrected chi connectivity index (χ0v) is 8.23. The van der Waals surface area contributed by atoms with Gasteiger partial charge in [-0.25, -0.2) is 4.79 Å². The summed E-state index contributed by atoms with van der Waals surface area (Å²) in [6.07, 6.45) is 0. The van der Waals surface area contributed by atoms with Crippen LogP contribution in [0.25, 0.3) is 0 Å². The van der Waals surface area contributed by atoms with Crippen LogP contribution in [-0.4, -0.2) is 19.9 Å². The fourth-order valence-corrected chi connectivity index (χ4v) is 0.692. The van der Waals surface area contributed by atoms with Crippen LogP contribution in [0, 0.1) is 0 Å². The van der Waals surface area contributed by atoms with Gasteiger partial charge in [0, 0.05) is 0 Å². The Morgan fingerprint density at radius 1 is 1.13 bits per heavy atom. The second kappa shape index (κ2) is 14.6. The number of hydrogen-bond donors (Lipinski definition) is 0. The average Bonchev–Trinajstić information content (AvgIpc) is 2.34. The highest BCUT2D eigenvalue weighted by molar-refractivity contribution is 5.89. The van der Waals surface area contributed by atoms with E-state index in [0.717, 1.165) is 0 Å². The van der Waals surface area contributed by atoms with Crippen molar-refractivity contribution in [2.24, 2.45) is 0 Å². The van der Waals surface area contributed by atoms with E-state index in [9.17, 15) is 4.79 Å². The fraction of sp³-hybridized carbons (Fsp3) is 0.167. The lowest BCUT2D eigenvalue weighted by molar-refractivity contribution is -0.0980. The van der Waals surface area contributed by atoms with Crippen molar-refractivity contribution in [2.75, 3.05) is 7.11 Å². The van der Waals surface area contributed by atoms with Gasteiger partial charge in [-0.2, -0.15) is 0 Å². The normalized spacial score (nSPS) is 6.47. The van der Waals surface area contributed by atoms with Crippen LogP contribution in [0.4, 0.5) is 0 Å². The molecule has 0 saturated heterocycles. The van der Waals surface area contributed by atoms with Crippen molar-refractivity contribution in [3.8, 4) is 0 Å². The summed E-state index contributed by atoms with van der Waals surface area (Å²) in [7, 11) is 1.37. The monoisotopic (exact) mass is 210 g/mol. The van der Waals surface area contributed by atoms with Crippen LogP contribution in [0.3, 0.4) is 0 Å². The van der Waals surface area contributed by atoms with Gasteiger partial charge in [0.1, 0.15) is 6.79 Å². The zero-order chi connectivity index (χ0) is 11.4. The zero-order valence-electron chi connectivity index (χ0n) is 8.23. The predicted octanol–water partition coefficient (Wildman–Crippen LogP) is 2.73. The Balaban J connectivity index is -0.000000258. The molecule has 0 spiro atoms. The number of carbonyl (C=O) groups excluding carboxylic acids is 2. The largest absolute Gasteiger partial charge is 0.465 e. The number of hydrogen-bond acceptors (Lipinski definition) is 3. The molecule has 15 heavy (non-hydrogen) atoms. The Hall–Kier alpha value is -1.90. The summed E-state index contributed by atoms with van der Waals surface area (Å²) in [5, 5.41) is 0. The third-order valence-corrected chi connectivity index (χ3v) is 1.19. The van der Waals surface area contributed by atoms with Crippen LogP contribution in [0.1, 0.15) is 17.8 Å². The maximum Gasteiger partial charge on any atom is 0.337 e. The number of ether oxygens (including phenoxy) is 1. The van der Waals surface area contributed by atoms with E-state index in [1.54, 1.807) is 24.3 Å². The molecule has 3 nitrogen and oxygen atoms in total. The van der Waals surface area contributed by atoms with Crippen LogP contribution in [0.15, 0.2) is 43.5 Å². The molecule has 0 aromatic heterocycles. The molecule has 0 heterocycles. The molecule has 84 valence electrons. The molecule has 0 aliphatic rings. The highest BCUT2D eigenvalue weighted by Gasteiger charge is 2.00. The van der Waals surface area contributed by atoms with E-state index in [1.807, 2.05) is 12.9 Å². The smallest absolute Gasteiger partial charge is 0.337 e. The first-order valence-corrected chi connectivity index (χ1v) is 3.77. The molecule has 0 unspecified atom stereocenters. The van der Waals surface area contributed by atoms with Gasteiger partial charge < -0.3 is 9.53 Å². The average molecular weight is 210 g/mol. The molecule has 0 N–H and O–H groups in total. The highest BCUT2D eigenvalue weighted by Crippen LogP contribution is 1.98. The third-order valence-electron chi connectivity index (χ3n) is 1.19. The number of carbonyl (C=O) groups is 2. The van der Waals surface area contributed by atoms with Gasteiger partial charge in [0.15, 0.2) is 0 Å². The van der Waals surface area contributed by atoms with E-state index in [-0.39, 0.29) is 13.4 Å². The standard InChI is InChI=1S/C8H8O2.C2H4.CH2O.CH4/c1-10-8(9)7-5-3-2-4-6-7;2*1-2;/h2-6H,1H3;1-2H2;1H2;1H4. The van der Waals surface area contributed by atoms with Crippen molar-refractivity contribution in [3.63, 3.8) is 0 Å². The third kappa shape index (κ3) is 8.43. The summed E-state index contributed by atoms with van der Waals surface area (Å²) >= 11 is 0. The van der Waals surface area contributed by atoms with Gasteiger partial charge in [-0.15, -0.1) is 13.2 Å². The van der Waals surface area contributed by atoms with Crippen molar-refractivity contribution in [2.45, 2.75) is 7.43 Å². The minimum atomic E-state index is -0.291. The maximum atomic E-state index is 10.8. The van der Waals surface area contributed by atoms with Gasteiger partial charge in [0.2, 0.25) is 0 Å². The van der Waals surface area contributed by atoms with Crippen molar-refractivity contribution < 1.29 is 14.3 Å². The molecule has 0 fully saturated rings. The number of benzene rings is 1. The lowest BCUT2D eigenvalue weighted by Crippen LogP contribution is -1.99. The van der Waals surface area contributed by atoms with Gasteiger partial charge >= 0.3 is 5.97 Å². The Morgan fingerprint density at radius 2 is 1.53 bits per heavy atom. The van der Waals surface area contributed by atoms with Crippen molar-refractivity contribution in [3.05, 3.63) is 49.1 Å². The maximum absolute atomic E-state index is 10.8. The lowest BCUT2D eigenvalue weighted by Gasteiger charge is -1.95. The summed E-state index contributed by atoms with van der Waals surface area (Å²) in [6.45, 7) is 8.00. The van der Waals surface area contributed by atoms with Crippen molar-refractivity contribution >= 4 is 12.8 Å². The molecule has 0 atom stereocenters. The predicted molar refractivity (Wildman–Crippen MR) is 62.9 cm³/mol. The van der Waals surface area contributed by atoms with Crippen molar-refractivity contribution in [1.29, 1.82) is 0 Å². The van der Waals surface area contributed by atoms with E-state index in [4.69, 9.17) is 4.79 Å². The van der Waals surface area contributed by atoms with Crippen LogP contribution >= 0.6 is 0 Å². The molecule has 1 aromatic rings. The minimum absolute atomic E-state index is 0. The van der Waals surface area contributed by atoms with E-state index in [0.29, 0.717) is 5.56 Å². The molecule has 0 aliphatic carbocycles. The molecular weight excluding hydrogens is 192 g/mol. The SMILES string of the molecule is C.C=C.C=O.COC(=O)c1ccccc1. The van der Waals surface area contributed by atoms with Gasteiger partial charge in [0.25, 0.3) is 0 Å². The summed E-state index contributed by atoms with van der Waals surface area (Å²) in [5.41, 5.74) is 0.588. The van der Waals surface area contributed by atoms with Gasteiger partial charge in [-0.3, -0.25) is 0 Å². The first-order chi connectivity index (χ1) is 6.84. The molecule has 0 radical (unpaired) electrons. The van der Waals surface area contributed by atoms with E-state index >= 15 is 0 Å². The van der Waals surface area contributed by atoms with Crippen LogP contribution in [-0.2, 0) is 9.53 Å². The Kier molecular flexibility index (Phi) is 18.3. The summed E-state index contributed by atoms with van der Waals surface area (Å²) in [4.78, 5) is 18.8. The Labute approximate surface area is 91.4 Å². The molecule has 1 rings (SSSR count). The van der Waals surface area contributed by atoms with Gasteiger partial charge in [-0.1, -0.05) is 25.6 Å². The second-order valence-corrected chi connectivity index (χ2v) is 1.86. The topological polar surface area (TPSA) is 43.4 Å². The molecule has 3 heteroatoms. The molecule has 1 aromatic carbocycles. The molecule has 0 bridgehead atoms. The molecule has 0 amide bonds. The van der Waals surface area contributed by atoms with E-state index in [2.05, 4.69) is 17.9 Å². The molecule has 0 saturated carbocycles. The second-order valence-electron chi connectivity index (χ2n) is 1.86. The fourth-order valence-electron chi connectivity index (χ4n) is 0.692. The van der Waals surface area contributed by atoms with Crippen molar-refractivity contribution in [1.82, 2.24) is 0 Å². The quantitative estimate of drug-likeness (QED) is 0.528.